The zero-order valence-corrected chi connectivity index (χ0v) is 6.20. The summed E-state index contributed by atoms with van der Waals surface area (Å²) in [6.07, 6.45) is 3.08. The van der Waals surface area contributed by atoms with E-state index in [0.29, 0.717) is 0 Å². The van der Waals surface area contributed by atoms with E-state index in [9.17, 15) is 0 Å². The van der Waals surface area contributed by atoms with E-state index < -0.39 is 0 Å². The molecule has 0 fully saturated rings. The minimum absolute atomic E-state index is 1.17. The van der Waals surface area contributed by atoms with Crippen LogP contribution < -0.4 is 5.73 Å². The molecule has 1 aromatic rings. The molecule has 0 unspecified atom stereocenters. The number of rotatable bonds is 1. The minimum atomic E-state index is 1.17. The van der Waals surface area contributed by atoms with Crippen molar-refractivity contribution in [2.24, 2.45) is 5.73 Å². The highest BCUT2D eigenvalue weighted by molar-refractivity contribution is 5.45. The molecule has 2 nitrogen and oxygen atoms in total. The molecule has 2 heteroatoms. The summed E-state index contributed by atoms with van der Waals surface area (Å²) in [4.78, 5) is 0. The Labute approximate surface area is 66.6 Å². The molecule has 2 N–H and O–H groups in total. The molecule has 0 aliphatic heterocycles. The normalized spacial score (nSPS) is 6.82. The third-order valence-corrected chi connectivity index (χ3v) is 1.04. The summed E-state index contributed by atoms with van der Waals surface area (Å²) in [6, 6.07) is 10.0. The summed E-state index contributed by atoms with van der Waals surface area (Å²) in [7, 11) is 0. The van der Waals surface area contributed by atoms with Crippen LogP contribution in [0.25, 0.3) is 6.08 Å². The SMILES string of the molecule is C=Cc1ccccc1.N#CN. The predicted octanol–water partition coefficient (Wildman–Crippen LogP) is 1.76. The van der Waals surface area contributed by atoms with Gasteiger partial charge < -0.3 is 5.73 Å². The first-order chi connectivity index (χ1) is 5.35. The van der Waals surface area contributed by atoms with E-state index in [0.717, 1.165) is 0 Å². The maximum absolute atomic E-state index is 7.10. The lowest BCUT2D eigenvalue weighted by molar-refractivity contribution is 1.45. The fraction of sp³-hybridized carbons (Fsp3) is 0. The van der Waals surface area contributed by atoms with Crippen LogP contribution in [-0.2, 0) is 0 Å². The van der Waals surface area contributed by atoms with Gasteiger partial charge in [-0.2, -0.15) is 5.26 Å². The minimum Gasteiger partial charge on any atom is -0.337 e. The molecule has 0 aliphatic rings. The summed E-state index contributed by atoms with van der Waals surface area (Å²) >= 11 is 0. The van der Waals surface area contributed by atoms with Crippen LogP contribution in [0, 0.1) is 11.5 Å². The van der Waals surface area contributed by atoms with Gasteiger partial charge in [-0.15, -0.1) is 0 Å². The quantitative estimate of drug-likeness (QED) is 0.484. The first kappa shape index (κ1) is 9.25. The number of hydrogen-bond acceptors (Lipinski definition) is 2. The molecule has 0 aliphatic carbocycles. The van der Waals surface area contributed by atoms with Crippen LogP contribution in [0.15, 0.2) is 36.9 Å². The molecule has 1 rings (SSSR count). The molecule has 1 aromatic carbocycles. The molecule has 11 heavy (non-hydrogen) atoms. The van der Waals surface area contributed by atoms with Crippen molar-refractivity contribution < 1.29 is 0 Å². The number of nitrogens with zero attached hydrogens (tertiary/aromatic N) is 1. The summed E-state index contributed by atoms with van der Waals surface area (Å²) in [5.41, 5.74) is 5.33. The monoisotopic (exact) mass is 146 g/mol. The zero-order chi connectivity index (χ0) is 8.53. The van der Waals surface area contributed by atoms with Gasteiger partial charge in [-0.1, -0.05) is 43.0 Å². The van der Waals surface area contributed by atoms with Gasteiger partial charge in [0.05, 0.1) is 0 Å². The van der Waals surface area contributed by atoms with Crippen LogP contribution in [-0.4, -0.2) is 0 Å². The van der Waals surface area contributed by atoms with Gasteiger partial charge >= 0.3 is 0 Å². The molecule has 0 amide bonds. The standard InChI is InChI=1S/C8H8.CH2N2/c1-2-8-6-4-3-5-7-8;2-1-3/h2-7H,1H2;2H2. The Hall–Kier alpha value is -1.75. The molecule has 0 spiro atoms. The van der Waals surface area contributed by atoms with E-state index >= 15 is 0 Å². The number of nitriles is 1. The first-order valence-electron chi connectivity index (χ1n) is 3.12. The second-order valence-corrected chi connectivity index (χ2v) is 1.74. The van der Waals surface area contributed by atoms with Crippen molar-refractivity contribution in [2.45, 2.75) is 0 Å². The van der Waals surface area contributed by atoms with Gasteiger partial charge in [-0.05, 0) is 5.56 Å². The highest BCUT2D eigenvalue weighted by atomic mass is 14.5. The van der Waals surface area contributed by atoms with Crippen molar-refractivity contribution in [1.82, 2.24) is 0 Å². The molecule has 0 saturated carbocycles. The Morgan fingerprint density at radius 3 is 2.09 bits per heavy atom. The van der Waals surface area contributed by atoms with Gasteiger partial charge in [0.15, 0.2) is 6.19 Å². The van der Waals surface area contributed by atoms with Crippen LogP contribution >= 0.6 is 0 Å². The highest BCUT2D eigenvalue weighted by Gasteiger charge is 1.75. The van der Waals surface area contributed by atoms with Crippen LogP contribution in [0.2, 0.25) is 0 Å². The summed E-state index contributed by atoms with van der Waals surface area (Å²) in [5.74, 6) is 0. The Kier molecular flexibility index (Phi) is 5.36. The average molecular weight is 146 g/mol. The van der Waals surface area contributed by atoms with Gasteiger partial charge in [0.2, 0.25) is 0 Å². The summed E-state index contributed by atoms with van der Waals surface area (Å²) in [5, 5.41) is 7.10. The van der Waals surface area contributed by atoms with Gasteiger partial charge in [0.25, 0.3) is 0 Å². The summed E-state index contributed by atoms with van der Waals surface area (Å²) in [6.45, 7) is 3.63. The largest absolute Gasteiger partial charge is 0.337 e. The molecular weight excluding hydrogens is 136 g/mol. The van der Waals surface area contributed by atoms with E-state index in [1.807, 2.05) is 36.4 Å². The van der Waals surface area contributed by atoms with Crippen LogP contribution in [0.4, 0.5) is 0 Å². The molecule has 0 heterocycles. The second-order valence-electron chi connectivity index (χ2n) is 1.74. The average Bonchev–Trinajstić information content (AvgIpc) is 2.08. The van der Waals surface area contributed by atoms with Crippen LogP contribution in [0.1, 0.15) is 5.56 Å². The Bertz CT molecular complexity index is 233. The number of benzene rings is 1. The van der Waals surface area contributed by atoms with Gasteiger partial charge in [-0.3, -0.25) is 0 Å². The lowest BCUT2D eigenvalue weighted by atomic mass is 10.2. The molecule has 0 radical (unpaired) electrons. The van der Waals surface area contributed by atoms with Crippen LogP contribution in [0.5, 0.6) is 0 Å². The first-order valence-corrected chi connectivity index (χ1v) is 3.12. The fourth-order valence-electron chi connectivity index (χ4n) is 0.589. The molecule has 0 aromatic heterocycles. The third-order valence-electron chi connectivity index (χ3n) is 1.04. The lowest BCUT2D eigenvalue weighted by Crippen LogP contribution is -1.69. The van der Waals surface area contributed by atoms with Gasteiger partial charge in [0, 0.05) is 0 Å². The maximum atomic E-state index is 7.10. The van der Waals surface area contributed by atoms with Crippen molar-refractivity contribution in [3.05, 3.63) is 42.5 Å². The number of nitrogens with two attached hydrogens (primary N) is 1. The fourth-order valence-corrected chi connectivity index (χ4v) is 0.589. The Morgan fingerprint density at radius 1 is 1.36 bits per heavy atom. The molecule has 0 bridgehead atoms. The van der Waals surface area contributed by atoms with E-state index in [4.69, 9.17) is 5.26 Å². The van der Waals surface area contributed by atoms with E-state index in [1.54, 1.807) is 0 Å². The highest BCUT2D eigenvalue weighted by Crippen LogP contribution is 1.97. The van der Waals surface area contributed by atoms with Crippen molar-refractivity contribution >= 4 is 6.08 Å². The van der Waals surface area contributed by atoms with Crippen molar-refractivity contribution in [2.75, 3.05) is 0 Å². The summed E-state index contributed by atoms with van der Waals surface area (Å²) < 4.78 is 0. The molecular formula is C9H10N2. The van der Waals surface area contributed by atoms with Gasteiger partial charge in [-0.25, -0.2) is 0 Å². The zero-order valence-electron chi connectivity index (χ0n) is 6.20. The van der Waals surface area contributed by atoms with Crippen molar-refractivity contribution in [3.63, 3.8) is 0 Å². The van der Waals surface area contributed by atoms with Crippen molar-refractivity contribution in [1.29, 1.82) is 5.26 Å². The van der Waals surface area contributed by atoms with Crippen LogP contribution in [0.3, 0.4) is 0 Å². The maximum Gasteiger partial charge on any atom is 0.173 e. The number of hydrogen-bond donors (Lipinski definition) is 1. The van der Waals surface area contributed by atoms with E-state index in [2.05, 4.69) is 12.3 Å². The molecule has 0 atom stereocenters. The smallest absolute Gasteiger partial charge is 0.173 e. The van der Waals surface area contributed by atoms with E-state index in [1.165, 1.54) is 11.8 Å². The van der Waals surface area contributed by atoms with Crippen molar-refractivity contribution in [3.8, 4) is 6.19 Å². The van der Waals surface area contributed by atoms with Gasteiger partial charge in [0.1, 0.15) is 0 Å². The van der Waals surface area contributed by atoms with E-state index in [-0.39, 0.29) is 0 Å². The molecule has 0 saturated heterocycles. The molecule has 56 valence electrons. The predicted molar refractivity (Wildman–Crippen MR) is 46.3 cm³/mol. The Balaban J connectivity index is 0.000000292. The Morgan fingerprint density at radius 2 is 1.82 bits per heavy atom. The lowest BCUT2D eigenvalue weighted by Gasteiger charge is -1.85. The third kappa shape index (κ3) is 4.73. The second kappa shape index (κ2) is 6.37. The topological polar surface area (TPSA) is 49.8 Å².